The maximum atomic E-state index is 13.3. The summed E-state index contributed by atoms with van der Waals surface area (Å²) >= 11 is 5.84. The number of halogens is 2. The van der Waals surface area contributed by atoms with Crippen molar-refractivity contribution in [3.63, 3.8) is 0 Å². The number of piperazine rings is 1. The highest BCUT2D eigenvalue weighted by atomic mass is 35.5. The van der Waals surface area contributed by atoms with E-state index in [9.17, 15) is 12.8 Å². The van der Waals surface area contributed by atoms with Gasteiger partial charge in [-0.05, 0) is 47.7 Å². The molecule has 0 amide bonds. The minimum atomic E-state index is -3.48. The summed E-state index contributed by atoms with van der Waals surface area (Å²) in [6.45, 7) is 7.03. The Bertz CT molecular complexity index is 909. The Morgan fingerprint density at radius 3 is 2.18 bits per heavy atom. The van der Waals surface area contributed by atoms with E-state index in [0.717, 1.165) is 17.5 Å². The van der Waals surface area contributed by atoms with E-state index in [-0.39, 0.29) is 5.02 Å². The third kappa shape index (κ3) is 5.11. The third-order valence-corrected chi connectivity index (χ3v) is 7.13. The SMILES string of the molecule is CC(C)Cc1ccc(S(=O)(=O)N2CCN(Cc3ccc(F)c(Cl)c3)CC2)cc1. The van der Waals surface area contributed by atoms with Crippen LogP contribution in [0.3, 0.4) is 0 Å². The number of nitrogens with zero attached hydrogens (tertiary/aromatic N) is 2. The minimum absolute atomic E-state index is 0.111. The van der Waals surface area contributed by atoms with Crippen LogP contribution in [0.4, 0.5) is 4.39 Å². The molecular weight excluding hydrogens is 399 g/mol. The Balaban J connectivity index is 1.60. The van der Waals surface area contributed by atoms with E-state index >= 15 is 0 Å². The summed E-state index contributed by atoms with van der Waals surface area (Å²) in [7, 11) is -3.48. The fourth-order valence-electron chi connectivity index (χ4n) is 3.44. The van der Waals surface area contributed by atoms with E-state index in [2.05, 4.69) is 18.7 Å². The zero-order chi connectivity index (χ0) is 20.3. The van der Waals surface area contributed by atoms with Crippen LogP contribution >= 0.6 is 11.6 Å². The van der Waals surface area contributed by atoms with Crippen molar-refractivity contribution in [3.05, 3.63) is 64.4 Å². The quantitative estimate of drug-likeness (QED) is 0.698. The van der Waals surface area contributed by atoms with Crippen LogP contribution in [-0.4, -0.2) is 43.8 Å². The van der Waals surface area contributed by atoms with Crippen LogP contribution in [0.1, 0.15) is 25.0 Å². The van der Waals surface area contributed by atoms with E-state index in [4.69, 9.17) is 11.6 Å². The molecule has 0 aliphatic carbocycles. The molecule has 0 atom stereocenters. The summed E-state index contributed by atoms with van der Waals surface area (Å²) < 4.78 is 40.7. The molecule has 1 heterocycles. The maximum absolute atomic E-state index is 13.3. The second-order valence-electron chi connectivity index (χ2n) is 7.67. The molecule has 2 aromatic rings. The number of hydrogen-bond donors (Lipinski definition) is 0. The van der Waals surface area contributed by atoms with Gasteiger partial charge in [0.2, 0.25) is 10.0 Å². The van der Waals surface area contributed by atoms with E-state index < -0.39 is 15.8 Å². The molecule has 0 N–H and O–H groups in total. The van der Waals surface area contributed by atoms with Crippen LogP contribution in [0.2, 0.25) is 5.02 Å². The van der Waals surface area contributed by atoms with Crippen molar-refractivity contribution in [2.24, 2.45) is 5.92 Å². The summed E-state index contributed by atoms with van der Waals surface area (Å²) in [5, 5.41) is 0.111. The van der Waals surface area contributed by atoms with Crippen molar-refractivity contribution in [2.45, 2.75) is 31.7 Å². The molecule has 4 nitrogen and oxygen atoms in total. The lowest BCUT2D eigenvalue weighted by Gasteiger charge is -2.34. The van der Waals surface area contributed by atoms with Crippen molar-refractivity contribution in [2.75, 3.05) is 26.2 Å². The summed E-state index contributed by atoms with van der Waals surface area (Å²) in [6, 6.07) is 11.9. The van der Waals surface area contributed by atoms with E-state index in [1.165, 1.54) is 6.07 Å². The van der Waals surface area contributed by atoms with Gasteiger partial charge in [0, 0.05) is 32.7 Å². The van der Waals surface area contributed by atoms with Gasteiger partial charge in [0.25, 0.3) is 0 Å². The first-order chi connectivity index (χ1) is 13.3. The fraction of sp³-hybridized carbons (Fsp3) is 0.429. The number of benzene rings is 2. The molecule has 1 saturated heterocycles. The molecule has 0 unspecified atom stereocenters. The maximum Gasteiger partial charge on any atom is 0.243 e. The largest absolute Gasteiger partial charge is 0.296 e. The first-order valence-electron chi connectivity index (χ1n) is 9.51. The predicted octanol–water partition coefficient (Wildman–Crippen LogP) is 4.18. The second kappa shape index (κ2) is 8.91. The van der Waals surface area contributed by atoms with Crippen LogP contribution in [0.25, 0.3) is 0 Å². The van der Waals surface area contributed by atoms with Gasteiger partial charge >= 0.3 is 0 Å². The lowest BCUT2D eigenvalue weighted by atomic mass is 10.0. The Hall–Kier alpha value is -1.47. The Labute approximate surface area is 172 Å². The lowest BCUT2D eigenvalue weighted by Crippen LogP contribution is -2.48. The zero-order valence-corrected chi connectivity index (χ0v) is 17.8. The predicted molar refractivity (Wildman–Crippen MR) is 110 cm³/mol. The molecule has 1 aliphatic rings. The van der Waals surface area contributed by atoms with Crippen LogP contribution in [0.15, 0.2) is 47.4 Å². The molecule has 28 heavy (non-hydrogen) atoms. The van der Waals surface area contributed by atoms with E-state index in [1.807, 2.05) is 12.1 Å². The van der Waals surface area contributed by atoms with E-state index in [0.29, 0.717) is 43.5 Å². The molecule has 0 aromatic heterocycles. The average Bonchev–Trinajstić information content (AvgIpc) is 2.65. The normalized spacial score (nSPS) is 16.6. The molecule has 2 aromatic carbocycles. The van der Waals surface area contributed by atoms with Gasteiger partial charge in [-0.15, -0.1) is 0 Å². The molecule has 152 valence electrons. The lowest BCUT2D eigenvalue weighted by molar-refractivity contribution is 0.181. The zero-order valence-electron chi connectivity index (χ0n) is 16.2. The van der Waals surface area contributed by atoms with Gasteiger partial charge < -0.3 is 0 Å². The summed E-state index contributed by atoms with van der Waals surface area (Å²) in [5.74, 6) is 0.104. The van der Waals surface area contributed by atoms with Gasteiger partial charge in [0.15, 0.2) is 0 Å². The van der Waals surface area contributed by atoms with Gasteiger partial charge in [0.1, 0.15) is 5.82 Å². The van der Waals surface area contributed by atoms with Crippen LogP contribution < -0.4 is 0 Å². The van der Waals surface area contributed by atoms with Crippen LogP contribution in [0.5, 0.6) is 0 Å². The fourth-order valence-corrected chi connectivity index (χ4v) is 5.07. The van der Waals surface area contributed by atoms with Gasteiger partial charge in [-0.1, -0.05) is 43.6 Å². The van der Waals surface area contributed by atoms with Gasteiger partial charge in [-0.25, -0.2) is 12.8 Å². The molecular formula is C21H26ClFN2O2S. The first-order valence-corrected chi connectivity index (χ1v) is 11.3. The Morgan fingerprint density at radius 1 is 1.00 bits per heavy atom. The monoisotopic (exact) mass is 424 g/mol. The molecule has 3 rings (SSSR count). The highest BCUT2D eigenvalue weighted by Crippen LogP contribution is 2.21. The van der Waals surface area contributed by atoms with Crippen molar-refractivity contribution < 1.29 is 12.8 Å². The Kier molecular flexibility index (Phi) is 6.76. The summed E-state index contributed by atoms with van der Waals surface area (Å²) in [6.07, 6.45) is 0.937. The van der Waals surface area contributed by atoms with Crippen molar-refractivity contribution >= 4 is 21.6 Å². The standard InChI is InChI=1S/C21H26ClFN2O2S/c1-16(2)13-17-3-6-19(7-4-17)28(26,27)25-11-9-24(10-12-25)15-18-5-8-21(23)20(22)14-18/h3-8,14,16H,9-13,15H2,1-2H3. The number of rotatable bonds is 6. The summed E-state index contributed by atoms with van der Waals surface area (Å²) in [5.41, 5.74) is 2.07. The minimum Gasteiger partial charge on any atom is -0.296 e. The van der Waals surface area contributed by atoms with Crippen LogP contribution in [-0.2, 0) is 23.0 Å². The van der Waals surface area contributed by atoms with E-state index in [1.54, 1.807) is 28.6 Å². The highest BCUT2D eigenvalue weighted by Gasteiger charge is 2.28. The van der Waals surface area contributed by atoms with Crippen molar-refractivity contribution in [3.8, 4) is 0 Å². The number of hydrogen-bond acceptors (Lipinski definition) is 3. The number of sulfonamides is 1. The first kappa shape index (κ1) is 21.2. The van der Waals surface area contributed by atoms with Gasteiger partial charge in [0.05, 0.1) is 9.92 Å². The molecule has 0 saturated carbocycles. The topological polar surface area (TPSA) is 40.6 Å². The second-order valence-corrected chi connectivity index (χ2v) is 10.0. The average molecular weight is 425 g/mol. The van der Waals surface area contributed by atoms with Crippen molar-refractivity contribution in [1.29, 1.82) is 0 Å². The molecule has 0 radical (unpaired) electrons. The molecule has 7 heteroatoms. The molecule has 0 bridgehead atoms. The molecule has 1 fully saturated rings. The Morgan fingerprint density at radius 2 is 1.61 bits per heavy atom. The third-order valence-electron chi connectivity index (χ3n) is 4.93. The van der Waals surface area contributed by atoms with Gasteiger partial charge in [-0.3, -0.25) is 4.90 Å². The van der Waals surface area contributed by atoms with Crippen LogP contribution in [0, 0.1) is 11.7 Å². The van der Waals surface area contributed by atoms with Gasteiger partial charge in [-0.2, -0.15) is 4.31 Å². The summed E-state index contributed by atoms with van der Waals surface area (Å²) in [4.78, 5) is 2.50. The highest BCUT2D eigenvalue weighted by molar-refractivity contribution is 7.89. The molecule has 1 aliphatic heterocycles. The van der Waals surface area contributed by atoms with Crippen molar-refractivity contribution in [1.82, 2.24) is 9.21 Å². The smallest absolute Gasteiger partial charge is 0.243 e. The molecule has 0 spiro atoms.